The van der Waals surface area contributed by atoms with Crippen LogP contribution >= 0.6 is 11.3 Å². The summed E-state index contributed by atoms with van der Waals surface area (Å²) in [5, 5.41) is 10.8. The van der Waals surface area contributed by atoms with Crippen molar-refractivity contribution in [1.82, 2.24) is 14.9 Å². The molecule has 2 aliphatic heterocycles. The number of fused-ring (bicyclic) bond motifs is 3. The highest BCUT2D eigenvalue weighted by molar-refractivity contribution is 7.17. The van der Waals surface area contributed by atoms with Crippen LogP contribution < -0.4 is 10.6 Å². The van der Waals surface area contributed by atoms with E-state index in [2.05, 4.69) is 53.7 Å². The third-order valence-corrected chi connectivity index (χ3v) is 10.5. The molecule has 1 saturated heterocycles. The third kappa shape index (κ3) is 7.69. The van der Waals surface area contributed by atoms with E-state index in [0.717, 1.165) is 54.4 Å². The molecule has 254 valence electrons. The number of nitrogens with zero attached hydrogens (tertiary/aromatic N) is 5. The molecular weight excluding hydrogens is 615 g/mol. The number of allylic oxidation sites excluding steroid dienone is 2. The Morgan fingerprint density at radius 2 is 1.89 bits per heavy atom. The van der Waals surface area contributed by atoms with Crippen molar-refractivity contribution in [2.45, 2.75) is 106 Å². The quantitative estimate of drug-likeness (QED) is 0.204. The molecule has 0 saturated carbocycles. The monoisotopic (exact) mass is 664 g/mol. The van der Waals surface area contributed by atoms with Crippen LogP contribution in [-0.2, 0) is 18.0 Å². The maximum atomic E-state index is 16.7. The number of benzene rings is 1. The molecule has 2 aliphatic rings. The van der Waals surface area contributed by atoms with Crippen LogP contribution in [-0.4, -0.2) is 47.6 Å². The van der Waals surface area contributed by atoms with Gasteiger partial charge in [-0.05, 0) is 83.2 Å². The van der Waals surface area contributed by atoms with Gasteiger partial charge >= 0.3 is 0 Å². The second kappa shape index (κ2) is 16.6. The topological polar surface area (TPSA) is 91.3 Å². The van der Waals surface area contributed by atoms with E-state index in [1.54, 1.807) is 13.1 Å². The van der Waals surface area contributed by atoms with Crippen molar-refractivity contribution >= 4 is 44.6 Å². The molecule has 0 radical (unpaired) electrons. The average Bonchev–Trinajstić information content (AvgIpc) is 3.86. The Kier molecular flexibility index (Phi) is 12.9. The number of nitriles is 1. The van der Waals surface area contributed by atoms with E-state index in [-0.39, 0.29) is 27.6 Å². The minimum atomic E-state index is -0.514. The third-order valence-electron chi connectivity index (χ3n) is 9.51. The van der Waals surface area contributed by atoms with Gasteiger partial charge in [0.25, 0.3) is 0 Å². The molecule has 1 aromatic carbocycles. The fourth-order valence-corrected chi connectivity index (χ4v) is 7.20. The number of halogens is 2. The van der Waals surface area contributed by atoms with E-state index in [4.69, 9.17) is 10.5 Å². The van der Waals surface area contributed by atoms with Gasteiger partial charge in [-0.25, -0.2) is 18.7 Å². The Hall–Kier alpha value is -3.39. The summed E-state index contributed by atoms with van der Waals surface area (Å²) < 4.78 is 37.5. The summed E-state index contributed by atoms with van der Waals surface area (Å²) in [5.74, 6) is -0.516. The predicted octanol–water partition coefficient (Wildman–Crippen LogP) is 9.38. The van der Waals surface area contributed by atoms with Crippen molar-refractivity contribution in [2.24, 2.45) is 0 Å². The second-order valence-electron chi connectivity index (χ2n) is 12.5. The molecular formula is C37H50F2N6OS. The van der Waals surface area contributed by atoms with Crippen molar-refractivity contribution in [2.75, 3.05) is 37.3 Å². The highest BCUT2D eigenvalue weighted by Gasteiger charge is 2.32. The minimum Gasteiger partial charge on any atom is -0.389 e. The second-order valence-corrected chi connectivity index (χ2v) is 13.6. The number of hydrogen-bond acceptors (Lipinski definition) is 8. The zero-order valence-electron chi connectivity index (χ0n) is 29.1. The van der Waals surface area contributed by atoms with E-state index in [1.165, 1.54) is 38.3 Å². The van der Waals surface area contributed by atoms with Gasteiger partial charge in [-0.15, -0.1) is 11.3 Å². The highest BCUT2D eigenvalue weighted by Crippen LogP contribution is 2.47. The number of nitrogen functional groups attached to an aromatic ring is 1. The SMILES string of the molecule is C/C=C(/F)c1sc(N)c(C#N)c1C(=C(C)CC)c1c2c(c3cnc(N4CCCC4)nc3c1F)COC2.CCCCCN(C)C(C)CC. The van der Waals surface area contributed by atoms with E-state index >= 15 is 8.78 Å². The lowest BCUT2D eigenvalue weighted by molar-refractivity contribution is 0.134. The smallest absolute Gasteiger partial charge is 0.225 e. The summed E-state index contributed by atoms with van der Waals surface area (Å²) in [6.07, 6.45) is 11.0. The van der Waals surface area contributed by atoms with Crippen LogP contribution in [0, 0.1) is 17.1 Å². The molecule has 5 rings (SSSR count). The molecule has 2 N–H and O–H groups in total. The molecule has 1 fully saturated rings. The molecule has 1 atom stereocenters. The van der Waals surface area contributed by atoms with Crippen LogP contribution in [0.15, 0.2) is 17.8 Å². The number of hydrogen-bond donors (Lipinski definition) is 1. The molecule has 1 unspecified atom stereocenters. The van der Waals surface area contributed by atoms with Gasteiger partial charge < -0.3 is 20.3 Å². The number of ether oxygens (including phenoxy) is 1. The molecule has 10 heteroatoms. The lowest BCUT2D eigenvalue weighted by Gasteiger charge is -2.23. The Balaban J connectivity index is 0.000000391. The number of anilines is 2. The van der Waals surface area contributed by atoms with Crippen LogP contribution in [0.3, 0.4) is 0 Å². The van der Waals surface area contributed by atoms with Gasteiger partial charge in [-0.3, -0.25) is 0 Å². The molecule has 2 aromatic heterocycles. The largest absolute Gasteiger partial charge is 0.389 e. The van der Waals surface area contributed by atoms with Crippen LogP contribution in [0.1, 0.15) is 119 Å². The van der Waals surface area contributed by atoms with E-state index in [9.17, 15) is 5.26 Å². The summed E-state index contributed by atoms with van der Waals surface area (Å²) in [4.78, 5) is 13.9. The Morgan fingerprint density at radius 3 is 2.51 bits per heavy atom. The lowest BCUT2D eigenvalue weighted by atomic mass is 9.85. The molecule has 0 spiro atoms. The first-order chi connectivity index (χ1) is 22.6. The highest BCUT2D eigenvalue weighted by atomic mass is 32.1. The fourth-order valence-electron chi connectivity index (χ4n) is 6.20. The Labute approximate surface area is 283 Å². The first-order valence-corrected chi connectivity index (χ1v) is 17.8. The molecule has 7 nitrogen and oxygen atoms in total. The molecule has 0 amide bonds. The van der Waals surface area contributed by atoms with Crippen molar-refractivity contribution < 1.29 is 13.5 Å². The Morgan fingerprint density at radius 1 is 1.19 bits per heavy atom. The Bertz CT molecular complexity index is 1670. The van der Waals surface area contributed by atoms with Crippen LogP contribution in [0.4, 0.5) is 19.7 Å². The van der Waals surface area contributed by atoms with Gasteiger partial charge in [0.05, 0.1) is 23.7 Å². The number of nitrogens with two attached hydrogens (primary N) is 1. The molecule has 0 aliphatic carbocycles. The zero-order valence-corrected chi connectivity index (χ0v) is 29.9. The summed E-state index contributed by atoms with van der Waals surface area (Å²) in [6.45, 7) is 15.6. The predicted molar refractivity (Wildman–Crippen MR) is 192 cm³/mol. The van der Waals surface area contributed by atoms with Crippen molar-refractivity contribution in [3.8, 4) is 6.07 Å². The number of aromatic nitrogens is 2. The minimum absolute atomic E-state index is 0.155. The summed E-state index contributed by atoms with van der Waals surface area (Å²) in [5.41, 5.74) is 9.97. The number of rotatable bonds is 11. The molecule has 4 heterocycles. The zero-order chi connectivity index (χ0) is 34.2. The van der Waals surface area contributed by atoms with Gasteiger partial charge in [0, 0.05) is 41.8 Å². The summed E-state index contributed by atoms with van der Waals surface area (Å²) in [6, 6.07) is 2.89. The lowest BCUT2D eigenvalue weighted by Crippen LogP contribution is -2.29. The van der Waals surface area contributed by atoms with E-state index in [1.807, 2.05) is 13.8 Å². The van der Waals surface area contributed by atoms with Gasteiger partial charge in [-0.2, -0.15) is 5.26 Å². The van der Waals surface area contributed by atoms with Crippen LogP contribution in [0.2, 0.25) is 0 Å². The van der Waals surface area contributed by atoms with Crippen LogP contribution in [0.5, 0.6) is 0 Å². The van der Waals surface area contributed by atoms with E-state index in [0.29, 0.717) is 46.6 Å². The molecule has 3 aromatic rings. The van der Waals surface area contributed by atoms with Crippen molar-refractivity contribution in [1.29, 1.82) is 5.26 Å². The number of unbranched alkanes of at least 4 members (excludes halogenated alkanes) is 2. The molecule has 0 bridgehead atoms. The van der Waals surface area contributed by atoms with Gasteiger partial charge in [0.1, 0.15) is 22.4 Å². The van der Waals surface area contributed by atoms with Gasteiger partial charge in [-0.1, -0.05) is 45.3 Å². The average molecular weight is 665 g/mol. The first kappa shape index (κ1) is 36.4. The summed E-state index contributed by atoms with van der Waals surface area (Å²) in [7, 11) is 2.23. The normalized spacial score (nSPS) is 15.9. The maximum Gasteiger partial charge on any atom is 0.225 e. The molecule has 47 heavy (non-hydrogen) atoms. The van der Waals surface area contributed by atoms with Crippen molar-refractivity contribution in [3.05, 3.63) is 56.4 Å². The maximum absolute atomic E-state index is 16.7. The van der Waals surface area contributed by atoms with Gasteiger partial charge in [0.2, 0.25) is 5.95 Å². The van der Waals surface area contributed by atoms with E-state index < -0.39 is 11.6 Å². The van der Waals surface area contributed by atoms with Crippen LogP contribution in [0.25, 0.3) is 22.3 Å². The fraction of sp³-hybridized carbons (Fsp3) is 0.541. The number of thiophene rings is 1. The van der Waals surface area contributed by atoms with Crippen molar-refractivity contribution in [3.63, 3.8) is 0 Å². The summed E-state index contributed by atoms with van der Waals surface area (Å²) >= 11 is 1.00. The first-order valence-electron chi connectivity index (χ1n) is 17.0. The standard InChI is InChI=1S/C27H27F2N5OS.C10H23N/c1-4-14(3)20(22-15(10-30)26(31)36-25(22)19(28)5-2)21-18-13-35-12-17(18)16-11-32-27(33-24(16)23(21)29)34-8-6-7-9-34;1-5-7-8-9-11(4)10(3)6-2/h5,11H,4,6-9,12-13,31H2,1-3H3;10H,5-9H2,1-4H3/b19-5+,20-14?;. The van der Waals surface area contributed by atoms with Gasteiger partial charge in [0.15, 0.2) is 5.82 Å².